The highest BCUT2D eigenvalue weighted by Crippen LogP contribution is 2.59. The van der Waals surface area contributed by atoms with Crippen LogP contribution in [-0.2, 0) is 6.54 Å². The normalized spacial score (nSPS) is 26.4. The molecular formula is C35H43N5O3. The number of amides is 1. The molecular weight excluding hydrogens is 538 g/mol. The Hall–Kier alpha value is -3.65. The van der Waals surface area contributed by atoms with Crippen LogP contribution in [0.1, 0.15) is 61.5 Å². The van der Waals surface area contributed by atoms with Crippen molar-refractivity contribution in [2.45, 2.75) is 52.0 Å². The molecule has 3 aromatic rings. The van der Waals surface area contributed by atoms with Crippen LogP contribution in [0.15, 0.2) is 54.6 Å². The Bertz CT molecular complexity index is 1410. The number of carbonyl (C=O) groups is 1. The number of piperazine rings is 1. The highest BCUT2D eigenvalue weighted by Gasteiger charge is 2.50. The fourth-order valence-corrected chi connectivity index (χ4v) is 8.73. The zero-order valence-corrected chi connectivity index (χ0v) is 25.2. The van der Waals surface area contributed by atoms with Gasteiger partial charge in [-0.3, -0.25) is 9.69 Å². The fraction of sp³-hybridized carbons (Fsp3) is 0.514. The van der Waals surface area contributed by atoms with Crippen LogP contribution in [0, 0.1) is 23.2 Å². The van der Waals surface area contributed by atoms with Crippen LogP contribution in [0.5, 0.6) is 11.5 Å². The van der Waals surface area contributed by atoms with Crippen molar-refractivity contribution in [1.29, 1.82) is 0 Å². The van der Waals surface area contributed by atoms with Gasteiger partial charge < -0.3 is 20.1 Å². The van der Waals surface area contributed by atoms with Crippen molar-refractivity contribution >= 4 is 11.7 Å². The summed E-state index contributed by atoms with van der Waals surface area (Å²) in [4.78, 5) is 17.7. The first-order chi connectivity index (χ1) is 20.9. The van der Waals surface area contributed by atoms with E-state index in [9.17, 15) is 9.90 Å². The summed E-state index contributed by atoms with van der Waals surface area (Å²) in [5, 5.41) is 22.0. The molecule has 1 aliphatic heterocycles. The molecule has 2 N–H and O–H groups in total. The van der Waals surface area contributed by atoms with Crippen LogP contribution in [0.4, 0.5) is 5.82 Å². The second-order valence-electron chi connectivity index (χ2n) is 13.5. The molecule has 1 saturated heterocycles. The molecule has 5 fully saturated rings. The number of hydrogen-bond acceptors (Lipinski definition) is 7. The Balaban J connectivity index is 0.933. The first kappa shape index (κ1) is 28.1. The smallest absolute Gasteiger partial charge is 0.271 e. The van der Waals surface area contributed by atoms with E-state index in [1.54, 1.807) is 12.1 Å². The Labute approximate surface area is 254 Å². The summed E-state index contributed by atoms with van der Waals surface area (Å²) in [5.74, 6) is 4.46. The summed E-state index contributed by atoms with van der Waals surface area (Å²) in [6.07, 6.45) is 8.09. The number of rotatable bonds is 9. The monoisotopic (exact) mass is 581 g/mol. The zero-order chi connectivity index (χ0) is 29.4. The summed E-state index contributed by atoms with van der Waals surface area (Å²) in [6, 6.07) is 17.4. The van der Waals surface area contributed by atoms with Gasteiger partial charge in [-0.05, 0) is 128 Å². The number of benzene rings is 2. The number of anilines is 1. The lowest BCUT2D eigenvalue weighted by molar-refractivity contribution is -0.0503. The van der Waals surface area contributed by atoms with Crippen molar-refractivity contribution in [3.8, 4) is 22.6 Å². The standard InChI is InChI=1S/C35H43N5O3/c1-2-43-31-16-27(15-29(18-31)28-4-3-5-30(41)17-28)22-39-8-10-40(11-9-39)33-7-6-32(37-38-33)34(42)36-23-35-19-24-12-25(20-35)14-26(13-24)21-35/h3-7,15-18,24-26,41H,2,8-14,19-23H2,1H3,(H,36,42). The van der Waals surface area contributed by atoms with E-state index in [2.05, 4.69) is 37.4 Å². The zero-order valence-electron chi connectivity index (χ0n) is 25.2. The lowest BCUT2D eigenvalue weighted by atomic mass is 9.49. The number of aromatic nitrogens is 2. The molecule has 0 spiro atoms. The van der Waals surface area contributed by atoms with Crippen molar-refractivity contribution in [1.82, 2.24) is 20.4 Å². The van der Waals surface area contributed by atoms with Gasteiger partial charge >= 0.3 is 0 Å². The van der Waals surface area contributed by atoms with Gasteiger partial charge in [0.25, 0.3) is 5.91 Å². The summed E-state index contributed by atoms with van der Waals surface area (Å²) in [7, 11) is 0. The molecule has 2 aromatic carbocycles. The fourth-order valence-electron chi connectivity index (χ4n) is 8.73. The van der Waals surface area contributed by atoms with E-state index in [1.165, 1.54) is 44.1 Å². The van der Waals surface area contributed by atoms with Crippen molar-refractivity contribution in [3.63, 3.8) is 0 Å². The summed E-state index contributed by atoms with van der Waals surface area (Å²) in [6.45, 7) is 7.67. The van der Waals surface area contributed by atoms with Gasteiger partial charge in [0.2, 0.25) is 0 Å². The van der Waals surface area contributed by atoms with E-state index in [4.69, 9.17) is 4.74 Å². The van der Waals surface area contributed by atoms with Crippen LogP contribution in [0.3, 0.4) is 0 Å². The molecule has 4 saturated carbocycles. The molecule has 43 heavy (non-hydrogen) atoms. The van der Waals surface area contributed by atoms with Crippen molar-refractivity contribution in [2.75, 3.05) is 44.2 Å². The molecule has 226 valence electrons. The van der Waals surface area contributed by atoms with E-state index in [1.807, 2.05) is 37.3 Å². The molecule has 1 amide bonds. The second-order valence-corrected chi connectivity index (χ2v) is 13.5. The quantitative estimate of drug-likeness (QED) is 0.344. The Morgan fingerprint density at radius 1 is 0.930 bits per heavy atom. The second kappa shape index (κ2) is 11.8. The number of hydrogen-bond donors (Lipinski definition) is 2. The van der Waals surface area contributed by atoms with Crippen LogP contribution in [0.2, 0.25) is 0 Å². The van der Waals surface area contributed by atoms with Gasteiger partial charge in [0.05, 0.1) is 6.61 Å². The maximum Gasteiger partial charge on any atom is 0.271 e. The van der Waals surface area contributed by atoms with E-state index in [0.717, 1.165) is 79.7 Å². The largest absolute Gasteiger partial charge is 0.508 e. The number of aromatic hydroxyl groups is 1. The number of ether oxygens (including phenoxy) is 1. The topological polar surface area (TPSA) is 90.8 Å². The van der Waals surface area contributed by atoms with E-state index >= 15 is 0 Å². The highest BCUT2D eigenvalue weighted by atomic mass is 16.5. The number of carbonyl (C=O) groups excluding carboxylic acids is 1. The van der Waals surface area contributed by atoms with Crippen LogP contribution in [0.25, 0.3) is 11.1 Å². The minimum Gasteiger partial charge on any atom is -0.508 e. The van der Waals surface area contributed by atoms with Gasteiger partial charge in [0.1, 0.15) is 11.5 Å². The minimum absolute atomic E-state index is 0.0982. The van der Waals surface area contributed by atoms with Gasteiger partial charge in [0.15, 0.2) is 11.5 Å². The van der Waals surface area contributed by atoms with Gasteiger partial charge in [-0.1, -0.05) is 12.1 Å². The van der Waals surface area contributed by atoms with Gasteiger partial charge in [0, 0.05) is 39.3 Å². The average Bonchev–Trinajstić information content (AvgIpc) is 3.00. The third-order valence-electron chi connectivity index (χ3n) is 10.2. The Morgan fingerprint density at radius 2 is 1.67 bits per heavy atom. The summed E-state index contributed by atoms with van der Waals surface area (Å²) in [5.41, 5.74) is 3.91. The molecule has 8 rings (SSSR count). The molecule has 2 heterocycles. The first-order valence-electron chi connectivity index (χ1n) is 16.1. The molecule has 1 aromatic heterocycles. The van der Waals surface area contributed by atoms with Crippen molar-refractivity contribution in [3.05, 3.63) is 65.9 Å². The van der Waals surface area contributed by atoms with Crippen molar-refractivity contribution in [2.24, 2.45) is 23.2 Å². The van der Waals surface area contributed by atoms with E-state index < -0.39 is 0 Å². The van der Waals surface area contributed by atoms with Crippen LogP contribution >= 0.6 is 0 Å². The number of nitrogens with one attached hydrogen (secondary N) is 1. The SMILES string of the molecule is CCOc1cc(CN2CCN(c3ccc(C(=O)NCC45CC6CC(CC(C6)C4)C5)nn3)CC2)cc(-c2cccc(O)c2)c1. The Morgan fingerprint density at radius 3 is 2.33 bits per heavy atom. The van der Waals surface area contributed by atoms with Gasteiger partial charge in [-0.25, -0.2) is 0 Å². The average molecular weight is 582 g/mol. The minimum atomic E-state index is -0.0982. The maximum absolute atomic E-state index is 13.0. The van der Waals surface area contributed by atoms with Crippen molar-refractivity contribution < 1.29 is 14.6 Å². The lowest BCUT2D eigenvalue weighted by Crippen LogP contribution is -2.51. The number of phenolic OH excluding ortho intramolecular Hbond substituents is 1. The third-order valence-corrected chi connectivity index (χ3v) is 10.2. The molecule has 0 atom stereocenters. The number of phenols is 1. The summed E-state index contributed by atoms with van der Waals surface area (Å²) < 4.78 is 5.87. The molecule has 5 aliphatic rings. The summed E-state index contributed by atoms with van der Waals surface area (Å²) >= 11 is 0. The third kappa shape index (κ3) is 6.21. The van der Waals surface area contributed by atoms with Gasteiger partial charge in [-0.15, -0.1) is 10.2 Å². The Kier molecular flexibility index (Phi) is 7.72. The van der Waals surface area contributed by atoms with Crippen LogP contribution in [-0.4, -0.2) is 65.4 Å². The van der Waals surface area contributed by atoms with E-state index in [-0.39, 0.29) is 11.7 Å². The molecule has 8 heteroatoms. The lowest BCUT2D eigenvalue weighted by Gasteiger charge is -2.56. The van der Waals surface area contributed by atoms with E-state index in [0.29, 0.717) is 17.7 Å². The first-order valence-corrected chi connectivity index (χ1v) is 16.1. The highest BCUT2D eigenvalue weighted by molar-refractivity contribution is 5.92. The predicted octanol–water partition coefficient (Wildman–Crippen LogP) is 5.52. The van der Waals surface area contributed by atoms with Gasteiger partial charge in [-0.2, -0.15) is 0 Å². The number of nitrogens with zero attached hydrogens (tertiary/aromatic N) is 4. The van der Waals surface area contributed by atoms with Crippen LogP contribution < -0.4 is 15.0 Å². The molecule has 4 aliphatic carbocycles. The predicted molar refractivity (Wildman–Crippen MR) is 167 cm³/mol. The molecule has 0 unspecified atom stereocenters. The molecule has 4 bridgehead atoms. The molecule has 8 nitrogen and oxygen atoms in total. The molecule has 0 radical (unpaired) electrons. The maximum atomic E-state index is 13.0.